The fourth-order valence-electron chi connectivity index (χ4n) is 2.15. The maximum atomic E-state index is 11.7. The Balaban J connectivity index is 0.00000841. The molecule has 9 heteroatoms. The molecule has 0 unspecified atom stereocenters. The summed E-state index contributed by atoms with van der Waals surface area (Å²) in [5, 5.41) is 11.9. The normalized spacial score (nSPS) is 11.4. The number of anilines is 1. The fraction of sp³-hybridized carbons (Fsp3) is 0.571. The van der Waals surface area contributed by atoms with Crippen LogP contribution in [-0.2, 0) is 16.1 Å². The Morgan fingerprint density at radius 3 is 2.17 bits per heavy atom. The zero-order valence-corrected chi connectivity index (χ0v) is 21.1. The van der Waals surface area contributed by atoms with Gasteiger partial charge in [0.15, 0.2) is 5.96 Å². The minimum Gasteiger partial charge on any atom is -0.444 e. The number of benzene rings is 1. The van der Waals surface area contributed by atoms with Gasteiger partial charge < -0.3 is 26.0 Å². The van der Waals surface area contributed by atoms with Gasteiger partial charge in [0.2, 0.25) is 5.91 Å². The molecule has 0 bridgehead atoms. The molecule has 4 N–H and O–H groups in total. The van der Waals surface area contributed by atoms with Crippen molar-refractivity contribution in [3.8, 4) is 0 Å². The minimum absolute atomic E-state index is 0. The molecular weight excluding hydrogens is 497 g/mol. The lowest BCUT2D eigenvalue weighted by Gasteiger charge is -2.19. The van der Waals surface area contributed by atoms with Crippen molar-refractivity contribution in [2.75, 3.05) is 25.0 Å². The number of ether oxygens (including phenoxy) is 1. The highest BCUT2D eigenvalue weighted by molar-refractivity contribution is 14.0. The molecular formula is C21H36IN5O3. The van der Waals surface area contributed by atoms with Gasteiger partial charge in [-0.3, -0.25) is 4.79 Å². The number of carbonyl (C=O) groups excluding carboxylic acids is 2. The highest BCUT2D eigenvalue weighted by Crippen LogP contribution is 2.11. The Morgan fingerprint density at radius 2 is 1.63 bits per heavy atom. The van der Waals surface area contributed by atoms with Crippen molar-refractivity contribution in [1.29, 1.82) is 0 Å². The number of hydrogen-bond donors (Lipinski definition) is 4. The van der Waals surface area contributed by atoms with Crippen LogP contribution in [0, 0.1) is 5.92 Å². The standard InChI is InChI=1S/C21H35N5O3.HI/c1-7-22-19(23-12-13-24-20(28)29-21(4,5)6)25-14-16-8-10-17(11-9-16)26-18(27)15(2)3;/h8-11,15H,7,12-14H2,1-6H3,(H,24,28)(H,26,27)(H2,22,23,25);1H. The van der Waals surface area contributed by atoms with Crippen LogP contribution >= 0.6 is 24.0 Å². The SMILES string of the molecule is CCNC(=NCc1ccc(NC(=O)C(C)C)cc1)NCCNC(=O)OC(C)(C)C.I. The van der Waals surface area contributed by atoms with Crippen molar-refractivity contribution in [3.05, 3.63) is 29.8 Å². The minimum atomic E-state index is -0.513. The summed E-state index contributed by atoms with van der Waals surface area (Å²) in [7, 11) is 0. The molecule has 0 atom stereocenters. The van der Waals surface area contributed by atoms with Gasteiger partial charge in [-0.25, -0.2) is 9.79 Å². The molecule has 1 aromatic carbocycles. The second-order valence-electron chi connectivity index (χ2n) is 7.89. The lowest BCUT2D eigenvalue weighted by atomic mass is 10.2. The van der Waals surface area contributed by atoms with Gasteiger partial charge in [0.25, 0.3) is 0 Å². The number of halogens is 1. The molecule has 0 saturated heterocycles. The van der Waals surface area contributed by atoms with Crippen molar-refractivity contribution in [2.24, 2.45) is 10.9 Å². The quantitative estimate of drug-likeness (QED) is 0.177. The van der Waals surface area contributed by atoms with E-state index in [4.69, 9.17) is 4.74 Å². The van der Waals surface area contributed by atoms with Crippen molar-refractivity contribution < 1.29 is 14.3 Å². The largest absolute Gasteiger partial charge is 0.444 e. The Hall–Kier alpha value is -2.04. The van der Waals surface area contributed by atoms with E-state index in [0.29, 0.717) is 25.6 Å². The maximum absolute atomic E-state index is 11.7. The first-order valence-corrected chi connectivity index (χ1v) is 9.99. The van der Waals surface area contributed by atoms with Crippen molar-refractivity contribution in [3.63, 3.8) is 0 Å². The summed E-state index contributed by atoms with van der Waals surface area (Å²) in [4.78, 5) is 27.9. The molecule has 0 spiro atoms. The number of alkyl carbamates (subject to hydrolysis) is 1. The first kappa shape index (κ1) is 28.0. The van der Waals surface area contributed by atoms with Gasteiger partial charge in [-0.2, -0.15) is 0 Å². The zero-order chi connectivity index (χ0) is 21.9. The average molecular weight is 533 g/mol. The van der Waals surface area contributed by atoms with Gasteiger partial charge in [0.1, 0.15) is 5.60 Å². The second kappa shape index (κ2) is 14.1. The van der Waals surface area contributed by atoms with Crippen LogP contribution in [0.4, 0.5) is 10.5 Å². The summed E-state index contributed by atoms with van der Waals surface area (Å²) >= 11 is 0. The number of aliphatic imine (C=N–C) groups is 1. The van der Waals surface area contributed by atoms with E-state index in [0.717, 1.165) is 17.8 Å². The number of nitrogens with one attached hydrogen (secondary N) is 4. The predicted octanol–water partition coefficient (Wildman–Crippen LogP) is 3.48. The molecule has 1 rings (SSSR count). The molecule has 1 aromatic rings. The first-order valence-electron chi connectivity index (χ1n) is 9.99. The molecule has 170 valence electrons. The van der Waals surface area contributed by atoms with E-state index in [1.807, 2.05) is 65.8 Å². The van der Waals surface area contributed by atoms with E-state index in [1.165, 1.54) is 0 Å². The Bertz CT molecular complexity index is 685. The summed E-state index contributed by atoms with van der Waals surface area (Å²) in [6.07, 6.45) is -0.439. The molecule has 0 saturated carbocycles. The van der Waals surface area contributed by atoms with Crippen LogP contribution < -0.4 is 21.3 Å². The van der Waals surface area contributed by atoms with Gasteiger partial charge in [0, 0.05) is 31.2 Å². The monoisotopic (exact) mass is 533 g/mol. The molecule has 0 aliphatic rings. The number of guanidine groups is 1. The molecule has 0 aromatic heterocycles. The van der Waals surface area contributed by atoms with E-state index in [2.05, 4.69) is 26.3 Å². The van der Waals surface area contributed by atoms with Crippen LogP contribution in [0.15, 0.2) is 29.3 Å². The molecule has 0 heterocycles. The van der Waals surface area contributed by atoms with E-state index in [9.17, 15) is 9.59 Å². The van der Waals surface area contributed by atoms with E-state index < -0.39 is 11.7 Å². The highest BCUT2D eigenvalue weighted by atomic mass is 127. The third-order valence-corrected chi connectivity index (χ3v) is 3.60. The van der Waals surface area contributed by atoms with Crippen molar-refractivity contribution in [1.82, 2.24) is 16.0 Å². The molecule has 8 nitrogen and oxygen atoms in total. The van der Waals surface area contributed by atoms with Crippen molar-refractivity contribution >= 4 is 47.6 Å². The Labute approximate surface area is 197 Å². The smallest absolute Gasteiger partial charge is 0.407 e. The van der Waals surface area contributed by atoms with Crippen LogP contribution in [0.5, 0.6) is 0 Å². The molecule has 0 aliphatic heterocycles. The summed E-state index contributed by atoms with van der Waals surface area (Å²) in [5.41, 5.74) is 1.28. The summed E-state index contributed by atoms with van der Waals surface area (Å²) in [5.74, 6) is 0.600. The highest BCUT2D eigenvalue weighted by Gasteiger charge is 2.15. The number of nitrogens with zero attached hydrogens (tertiary/aromatic N) is 1. The average Bonchev–Trinajstić information content (AvgIpc) is 2.62. The van der Waals surface area contributed by atoms with Crippen LogP contribution in [0.1, 0.15) is 47.1 Å². The van der Waals surface area contributed by atoms with Gasteiger partial charge in [-0.05, 0) is 45.4 Å². The fourth-order valence-corrected chi connectivity index (χ4v) is 2.15. The van der Waals surface area contributed by atoms with Crippen LogP contribution in [-0.4, -0.2) is 43.2 Å². The maximum Gasteiger partial charge on any atom is 0.407 e. The van der Waals surface area contributed by atoms with Gasteiger partial charge in [-0.1, -0.05) is 26.0 Å². The second-order valence-corrected chi connectivity index (χ2v) is 7.89. The van der Waals surface area contributed by atoms with Crippen LogP contribution in [0.25, 0.3) is 0 Å². The Kier molecular flexibility index (Phi) is 13.1. The first-order chi connectivity index (χ1) is 13.6. The zero-order valence-electron chi connectivity index (χ0n) is 18.8. The summed E-state index contributed by atoms with van der Waals surface area (Å²) < 4.78 is 5.19. The Morgan fingerprint density at radius 1 is 1.03 bits per heavy atom. The van der Waals surface area contributed by atoms with E-state index in [-0.39, 0.29) is 35.8 Å². The lowest BCUT2D eigenvalue weighted by Crippen LogP contribution is -2.42. The molecule has 2 amide bonds. The van der Waals surface area contributed by atoms with Crippen LogP contribution in [0.2, 0.25) is 0 Å². The number of amides is 2. The molecule has 0 aliphatic carbocycles. The topological polar surface area (TPSA) is 104 Å². The summed E-state index contributed by atoms with van der Waals surface area (Å²) in [6.45, 7) is 13.3. The van der Waals surface area contributed by atoms with Crippen LogP contribution in [0.3, 0.4) is 0 Å². The molecule has 30 heavy (non-hydrogen) atoms. The predicted molar refractivity (Wildman–Crippen MR) is 132 cm³/mol. The number of carbonyl (C=O) groups is 2. The van der Waals surface area contributed by atoms with E-state index >= 15 is 0 Å². The molecule has 0 fully saturated rings. The van der Waals surface area contributed by atoms with Gasteiger partial charge in [0.05, 0.1) is 6.54 Å². The lowest BCUT2D eigenvalue weighted by molar-refractivity contribution is -0.118. The summed E-state index contributed by atoms with van der Waals surface area (Å²) in [6, 6.07) is 7.62. The van der Waals surface area contributed by atoms with Gasteiger partial charge in [-0.15, -0.1) is 24.0 Å². The van der Waals surface area contributed by atoms with Crippen molar-refractivity contribution in [2.45, 2.75) is 53.7 Å². The molecule has 0 radical (unpaired) electrons. The third-order valence-electron chi connectivity index (χ3n) is 3.60. The number of hydrogen-bond acceptors (Lipinski definition) is 4. The van der Waals surface area contributed by atoms with Gasteiger partial charge >= 0.3 is 6.09 Å². The third kappa shape index (κ3) is 12.5. The van der Waals surface area contributed by atoms with E-state index in [1.54, 1.807) is 0 Å². The number of rotatable bonds is 8.